The summed E-state index contributed by atoms with van der Waals surface area (Å²) >= 11 is 2.20. The van der Waals surface area contributed by atoms with Crippen molar-refractivity contribution in [2.45, 2.75) is 0 Å². The van der Waals surface area contributed by atoms with E-state index in [-0.39, 0.29) is 11.8 Å². The molecule has 124 valence electrons. The molecule has 0 aromatic heterocycles. The van der Waals surface area contributed by atoms with Crippen LogP contribution in [-0.4, -0.2) is 11.8 Å². The largest absolute Gasteiger partial charge is 0.322 e. The van der Waals surface area contributed by atoms with Gasteiger partial charge in [-0.3, -0.25) is 9.59 Å². The van der Waals surface area contributed by atoms with Gasteiger partial charge in [-0.1, -0.05) is 24.3 Å². The topological polar surface area (TPSA) is 58.2 Å². The zero-order valence-corrected chi connectivity index (χ0v) is 15.4. The molecule has 0 spiro atoms. The molecular weight excluding hydrogens is 427 g/mol. The van der Waals surface area contributed by atoms with E-state index in [0.29, 0.717) is 16.8 Å². The second kappa shape index (κ2) is 7.94. The van der Waals surface area contributed by atoms with Gasteiger partial charge in [0.2, 0.25) is 0 Å². The van der Waals surface area contributed by atoms with Crippen LogP contribution in [0.5, 0.6) is 0 Å². The molecule has 0 bridgehead atoms. The van der Waals surface area contributed by atoms with E-state index in [1.807, 2.05) is 42.5 Å². The second-order valence-corrected chi connectivity index (χ2v) is 6.61. The van der Waals surface area contributed by atoms with Crippen LogP contribution in [0.2, 0.25) is 0 Å². The number of benzene rings is 3. The highest BCUT2D eigenvalue weighted by Gasteiger charge is 2.08. The molecule has 0 atom stereocenters. The molecule has 4 nitrogen and oxygen atoms in total. The summed E-state index contributed by atoms with van der Waals surface area (Å²) in [4.78, 5) is 24.4. The van der Waals surface area contributed by atoms with Crippen molar-refractivity contribution in [2.75, 3.05) is 10.6 Å². The van der Waals surface area contributed by atoms with E-state index in [2.05, 4.69) is 33.2 Å². The number of carbonyl (C=O) groups is 2. The Kier molecular flexibility index (Phi) is 5.45. The van der Waals surface area contributed by atoms with Crippen LogP contribution in [0.15, 0.2) is 78.9 Å². The zero-order valence-electron chi connectivity index (χ0n) is 13.2. The van der Waals surface area contributed by atoms with Crippen LogP contribution in [-0.2, 0) is 0 Å². The summed E-state index contributed by atoms with van der Waals surface area (Å²) in [7, 11) is 0. The van der Waals surface area contributed by atoms with E-state index in [1.165, 1.54) is 0 Å². The van der Waals surface area contributed by atoms with E-state index < -0.39 is 0 Å². The summed E-state index contributed by atoms with van der Waals surface area (Å²) in [6.45, 7) is 0. The molecule has 3 aromatic rings. The van der Waals surface area contributed by atoms with Crippen molar-refractivity contribution in [3.8, 4) is 0 Å². The smallest absolute Gasteiger partial charge is 0.255 e. The van der Waals surface area contributed by atoms with Crippen molar-refractivity contribution in [2.24, 2.45) is 0 Å². The Morgan fingerprint density at radius 1 is 0.640 bits per heavy atom. The molecule has 0 fully saturated rings. The Morgan fingerprint density at radius 3 is 1.88 bits per heavy atom. The lowest BCUT2D eigenvalue weighted by Gasteiger charge is -2.08. The minimum atomic E-state index is -0.192. The van der Waals surface area contributed by atoms with Crippen LogP contribution < -0.4 is 10.6 Å². The molecule has 0 saturated carbocycles. The van der Waals surface area contributed by atoms with Crippen molar-refractivity contribution >= 4 is 45.8 Å². The first-order chi connectivity index (χ1) is 12.1. The lowest BCUT2D eigenvalue weighted by molar-refractivity contribution is 0.102. The fraction of sp³-hybridized carbons (Fsp3) is 0. The number of rotatable bonds is 4. The molecule has 0 heterocycles. The molecule has 0 aliphatic carbocycles. The van der Waals surface area contributed by atoms with Gasteiger partial charge in [-0.05, 0) is 77.2 Å². The Labute approximate surface area is 159 Å². The summed E-state index contributed by atoms with van der Waals surface area (Å²) in [6.07, 6.45) is 0. The molecule has 0 aliphatic rings. The Balaban J connectivity index is 1.65. The zero-order chi connectivity index (χ0) is 17.6. The van der Waals surface area contributed by atoms with Crippen molar-refractivity contribution in [3.63, 3.8) is 0 Å². The Morgan fingerprint density at radius 2 is 1.24 bits per heavy atom. The number of carbonyl (C=O) groups excluding carboxylic acids is 2. The van der Waals surface area contributed by atoms with E-state index >= 15 is 0 Å². The summed E-state index contributed by atoms with van der Waals surface area (Å²) < 4.78 is 1.05. The van der Waals surface area contributed by atoms with E-state index in [1.54, 1.807) is 36.4 Å². The fourth-order valence-electron chi connectivity index (χ4n) is 2.27. The average Bonchev–Trinajstić information content (AvgIpc) is 2.63. The molecule has 3 rings (SSSR count). The van der Waals surface area contributed by atoms with Gasteiger partial charge in [-0.15, -0.1) is 0 Å². The van der Waals surface area contributed by atoms with Gasteiger partial charge in [0, 0.05) is 26.1 Å². The molecule has 3 aromatic carbocycles. The lowest BCUT2D eigenvalue weighted by Crippen LogP contribution is -2.13. The SMILES string of the molecule is O=C(Nc1ccc(C(=O)Nc2cccc(I)c2)cc1)c1ccccc1. The number of amides is 2. The van der Waals surface area contributed by atoms with E-state index in [0.717, 1.165) is 9.26 Å². The van der Waals surface area contributed by atoms with Crippen molar-refractivity contribution < 1.29 is 9.59 Å². The highest BCUT2D eigenvalue weighted by Crippen LogP contribution is 2.15. The van der Waals surface area contributed by atoms with Crippen molar-refractivity contribution in [1.29, 1.82) is 0 Å². The van der Waals surface area contributed by atoms with E-state index in [9.17, 15) is 9.59 Å². The monoisotopic (exact) mass is 442 g/mol. The molecule has 0 radical (unpaired) electrons. The summed E-state index contributed by atoms with van der Waals surface area (Å²) in [5, 5.41) is 5.66. The molecule has 5 heteroatoms. The third-order valence-electron chi connectivity index (χ3n) is 3.52. The predicted molar refractivity (Wildman–Crippen MR) is 108 cm³/mol. The standard InChI is InChI=1S/C20H15IN2O2/c21-16-7-4-8-18(13-16)23-20(25)15-9-11-17(12-10-15)22-19(24)14-5-2-1-3-6-14/h1-13H,(H,22,24)(H,23,25). The third-order valence-corrected chi connectivity index (χ3v) is 4.19. The highest BCUT2D eigenvalue weighted by atomic mass is 127. The summed E-state index contributed by atoms with van der Waals surface area (Å²) in [5.74, 6) is -0.375. The predicted octanol–water partition coefficient (Wildman–Crippen LogP) is 4.80. The maximum atomic E-state index is 12.3. The first-order valence-corrected chi connectivity index (χ1v) is 8.73. The van der Waals surface area contributed by atoms with Gasteiger partial charge in [-0.25, -0.2) is 0 Å². The molecule has 0 unspecified atom stereocenters. The number of hydrogen-bond acceptors (Lipinski definition) is 2. The summed E-state index contributed by atoms with van der Waals surface area (Å²) in [5.41, 5.74) is 2.50. The number of hydrogen-bond donors (Lipinski definition) is 2. The molecule has 0 aliphatic heterocycles. The van der Waals surface area contributed by atoms with Crippen LogP contribution in [0.25, 0.3) is 0 Å². The Bertz CT molecular complexity index is 893. The molecule has 2 amide bonds. The molecule has 2 N–H and O–H groups in total. The van der Waals surface area contributed by atoms with Crippen LogP contribution in [0, 0.1) is 3.57 Å². The molecule has 25 heavy (non-hydrogen) atoms. The minimum Gasteiger partial charge on any atom is -0.322 e. The van der Waals surface area contributed by atoms with Gasteiger partial charge >= 0.3 is 0 Å². The quantitative estimate of drug-likeness (QED) is 0.571. The number of halogens is 1. The normalized spacial score (nSPS) is 10.1. The van der Waals surface area contributed by atoms with Crippen LogP contribution in [0.1, 0.15) is 20.7 Å². The lowest BCUT2D eigenvalue weighted by atomic mass is 10.1. The van der Waals surface area contributed by atoms with Gasteiger partial charge < -0.3 is 10.6 Å². The molecular formula is C20H15IN2O2. The van der Waals surface area contributed by atoms with E-state index in [4.69, 9.17) is 0 Å². The van der Waals surface area contributed by atoms with Gasteiger partial charge in [0.05, 0.1) is 0 Å². The maximum absolute atomic E-state index is 12.3. The Hall–Kier alpha value is -2.67. The van der Waals surface area contributed by atoms with Gasteiger partial charge in [0.15, 0.2) is 0 Å². The van der Waals surface area contributed by atoms with Gasteiger partial charge in [-0.2, -0.15) is 0 Å². The van der Waals surface area contributed by atoms with Crippen LogP contribution in [0.4, 0.5) is 11.4 Å². The fourth-order valence-corrected chi connectivity index (χ4v) is 2.81. The highest BCUT2D eigenvalue weighted by molar-refractivity contribution is 14.1. The van der Waals surface area contributed by atoms with Crippen molar-refractivity contribution in [3.05, 3.63) is 93.6 Å². The number of anilines is 2. The number of nitrogens with one attached hydrogen (secondary N) is 2. The second-order valence-electron chi connectivity index (χ2n) is 5.36. The summed E-state index contributed by atoms with van der Waals surface area (Å²) in [6, 6.07) is 23.4. The van der Waals surface area contributed by atoms with Crippen molar-refractivity contribution in [1.82, 2.24) is 0 Å². The van der Waals surface area contributed by atoms with Gasteiger partial charge in [0.1, 0.15) is 0 Å². The van der Waals surface area contributed by atoms with Crippen LogP contribution in [0.3, 0.4) is 0 Å². The first kappa shape index (κ1) is 17.2. The van der Waals surface area contributed by atoms with Crippen LogP contribution >= 0.6 is 22.6 Å². The minimum absolute atomic E-state index is 0.184. The maximum Gasteiger partial charge on any atom is 0.255 e. The molecule has 0 saturated heterocycles. The average molecular weight is 442 g/mol. The first-order valence-electron chi connectivity index (χ1n) is 7.65. The van der Waals surface area contributed by atoms with Gasteiger partial charge in [0.25, 0.3) is 11.8 Å². The third kappa shape index (κ3) is 4.67.